The summed E-state index contributed by atoms with van der Waals surface area (Å²) in [5, 5.41) is 13.9. The van der Waals surface area contributed by atoms with Gasteiger partial charge in [0.1, 0.15) is 6.04 Å². The van der Waals surface area contributed by atoms with E-state index in [4.69, 9.17) is 15.4 Å². The largest absolute Gasteiger partial charge is 0.396 e. The molecule has 0 rings (SSSR count). The van der Waals surface area contributed by atoms with Gasteiger partial charge in [-0.05, 0) is 32.2 Å². The molecule has 0 saturated heterocycles. The number of hydrogen-bond donors (Lipinski definition) is 5. The van der Waals surface area contributed by atoms with Gasteiger partial charge in [-0.25, -0.2) is 0 Å². The first kappa shape index (κ1) is 31.8. The third-order valence-corrected chi connectivity index (χ3v) is 6.29. The number of carbonyl (C=O) groups excluding carboxylic acids is 2. The van der Waals surface area contributed by atoms with Crippen molar-refractivity contribution in [3.63, 3.8) is 0 Å². The van der Waals surface area contributed by atoms with Gasteiger partial charge in [-0.15, -0.1) is 0 Å². The molecule has 0 spiro atoms. The summed E-state index contributed by atoms with van der Waals surface area (Å²) >= 11 is 0. The van der Waals surface area contributed by atoms with E-state index in [-0.39, 0.29) is 12.5 Å². The molecule has 0 aliphatic carbocycles. The van der Waals surface area contributed by atoms with Gasteiger partial charge < -0.3 is 21.5 Å². The Labute approximate surface area is 200 Å². The molecule has 1 atom stereocenters. The molecule has 0 aliphatic heterocycles. The molecule has 0 unspecified atom stereocenters. The number of hydrogen-bond acceptors (Lipinski definition) is 6. The van der Waals surface area contributed by atoms with Gasteiger partial charge in [0, 0.05) is 19.6 Å². The van der Waals surface area contributed by atoms with Gasteiger partial charge in [0.15, 0.2) is 0 Å². The van der Waals surface area contributed by atoms with Crippen LogP contribution in [0.3, 0.4) is 0 Å². The minimum atomic E-state index is -4.15. The average Bonchev–Trinajstić information content (AvgIpc) is 2.75. The Kier molecular flexibility index (Phi) is 20.5. The van der Waals surface area contributed by atoms with Crippen LogP contribution in [0.5, 0.6) is 0 Å². The summed E-state index contributed by atoms with van der Waals surface area (Å²) in [6.07, 6.45) is 16.2. The van der Waals surface area contributed by atoms with Crippen molar-refractivity contribution < 1.29 is 27.7 Å². The summed E-state index contributed by atoms with van der Waals surface area (Å²) in [6, 6.07) is -0.753. The molecule has 0 heterocycles. The number of carbonyl (C=O) groups is 2. The van der Waals surface area contributed by atoms with Crippen molar-refractivity contribution >= 4 is 21.9 Å². The van der Waals surface area contributed by atoms with Crippen LogP contribution in [-0.2, 0) is 19.7 Å². The number of unbranched alkanes of at least 4 members (excludes halogenated alkanes) is 12. The van der Waals surface area contributed by atoms with Crippen LogP contribution in [-0.4, -0.2) is 61.4 Å². The first-order chi connectivity index (χ1) is 15.8. The minimum Gasteiger partial charge on any atom is -0.396 e. The lowest BCUT2D eigenvalue weighted by molar-refractivity contribution is -0.129. The molecule has 0 aromatic carbocycles. The third kappa shape index (κ3) is 22.3. The molecule has 10 heteroatoms. The Morgan fingerprint density at radius 1 is 0.788 bits per heavy atom. The van der Waals surface area contributed by atoms with E-state index in [0.717, 1.165) is 32.1 Å². The molecule has 2 amide bonds. The third-order valence-electron chi connectivity index (χ3n) is 5.57. The molecule has 33 heavy (non-hydrogen) atoms. The summed E-state index contributed by atoms with van der Waals surface area (Å²) in [7, 11) is -4.15. The van der Waals surface area contributed by atoms with Crippen molar-refractivity contribution in [3.05, 3.63) is 0 Å². The van der Waals surface area contributed by atoms with Gasteiger partial charge in [0.25, 0.3) is 10.1 Å². The van der Waals surface area contributed by atoms with Gasteiger partial charge in [0.2, 0.25) is 11.8 Å². The van der Waals surface area contributed by atoms with Crippen LogP contribution in [0, 0.1) is 0 Å². The molecule has 0 aromatic rings. The van der Waals surface area contributed by atoms with Crippen LogP contribution < -0.4 is 16.4 Å². The Morgan fingerprint density at radius 3 is 1.73 bits per heavy atom. The number of amides is 2. The van der Waals surface area contributed by atoms with Crippen molar-refractivity contribution in [2.24, 2.45) is 5.73 Å². The second kappa shape index (κ2) is 21.3. The lowest BCUT2D eigenvalue weighted by Crippen LogP contribution is -2.47. The van der Waals surface area contributed by atoms with Crippen molar-refractivity contribution in [2.45, 2.75) is 109 Å². The first-order valence-electron chi connectivity index (χ1n) is 12.6. The van der Waals surface area contributed by atoms with E-state index in [1.165, 1.54) is 51.4 Å². The summed E-state index contributed by atoms with van der Waals surface area (Å²) in [4.78, 5) is 24.4. The van der Waals surface area contributed by atoms with E-state index in [0.29, 0.717) is 32.4 Å². The summed E-state index contributed by atoms with van der Waals surface area (Å²) in [5.41, 5.74) is 5.49. The van der Waals surface area contributed by atoms with Crippen molar-refractivity contribution in [3.8, 4) is 0 Å². The zero-order valence-corrected chi connectivity index (χ0v) is 21.0. The maximum Gasteiger partial charge on any atom is 0.266 e. The highest BCUT2D eigenvalue weighted by molar-refractivity contribution is 7.85. The van der Waals surface area contributed by atoms with Crippen molar-refractivity contribution in [1.82, 2.24) is 10.6 Å². The van der Waals surface area contributed by atoms with E-state index in [1.807, 2.05) is 0 Å². The van der Waals surface area contributed by atoms with Crippen LogP contribution in [0.15, 0.2) is 0 Å². The van der Waals surface area contributed by atoms with Crippen molar-refractivity contribution in [2.75, 3.05) is 25.4 Å². The smallest absolute Gasteiger partial charge is 0.266 e. The van der Waals surface area contributed by atoms with Gasteiger partial charge in [0.05, 0.1) is 5.75 Å². The number of rotatable bonds is 23. The molecule has 0 aliphatic rings. The molecule has 0 saturated carbocycles. The molecule has 0 radical (unpaired) electrons. The Morgan fingerprint density at radius 2 is 1.27 bits per heavy atom. The number of aliphatic hydroxyl groups excluding tert-OH is 1. The topological polar surface area (TPSA) is 159 Å². The van der Waals surface area contributed by atoms with E-state index in [9.17, 15) is 18.0 Å². The first-order valence-corrected chi connectivity index (χ1v) is 14.2. The van der Waals surface area contributed by atoms with Gasteiger partial charge in [-0.1, -0.05) is 70.6 Å². The Balaban J connectivity index is 3.82. The predicted octanol–water partition coefficient (Wildman–Crippen LogP) is 2.67. The fraction of sp³-hybridized carbons (Fsp3) is 0.913. The second-order valence-corrected chi connectivity index (χ2v) is 10.3. The van der Waals surface area contributed by atoms with Crippen LogP contribution >= 0.6 is 0 Å². The molecule has 9 nitrogen and oxygen atoms in total. The summed E-state index contributed by atoms with van der Waals surface area (Å²) < 4.78 is 30.3. The van der Waals surface area contributed by atoms with Gasteiger partial charge in [-0.3, -0.25) is 14.1 Å². The SMILES string of the molecule is NCCC[C@H](NC(=O)CCCCCCCCCCCCCCCO)C(=O)NCCS(=O)(=O)O. The monoisotopic (exact) mass is 493 g/mol. The lowest BCUT2D eigenvalue weighted by Gasteiger charge is -2.18. The highest BCUT2D eigenvalue weighted by atomic mass is 32.2. The summed E-state index contributed by atoms with van der Waals surface area (Å²) in [6.45, 7) is 0.478. The number of nitrogens with two attached hydrogens (primary N) is 1. The second-order valence-electron chi connectivity index (χ2n) is 8.70. The van der Waals surface area contributed by atoms with Crippen LogP contribution in [0.4, 0.5) is 0 Å². The molecule has 6 N–H and O–H groups in total. The predicted molar refractivity (Wildman–Crippen MR) is 131 cm³/mol. The van der Waals surface area contributed by atoms with Gasteiger partial charge >= 0.3 is 0 Å². The van der Waals surface area contributed by atoms with E-state index >= 15 is 0 Å². The zero-order chi connectivity index (χ0) is 24.8. The molecule has 0 aromatic heterocycles. The number of aliphatic hydroxyl groups is 1. The fourth-order valence-corrected chi connectivity index (χ4v) is 3.99. The van der Waals surface area contributed by atoms with E-state index < -0.39 is 27.8 Å². The standard InChI is InChI=1S/C23H47N3O6S/c24-17-14-15-21(23(29)25-18-20-33(30,31)32)26-22(28)16-12-10-8-6-4-2-1-3-5-7-9-11-13-19-27/h21,27H,1-20,24H2,(H,25,29)(H,26,28)(H,30,31,32)/t21-/m0/s1. The van der Waals surface area contributed by atoms with E-state index in [1.54, 1.807) is 0 Å². The average molecular weight is 494 g/mol. The highest BCUT2D eigenvalue weighted by Crippen LogP contribution is 2.13. The highest BCUT2D eigenvalue weighted by Gasteiger charge is 2.20. The Hall–Kier alpha value is -1.23. The molecule has 0 bridgehead atoms. The molecular formula is C23H47N3O6S. The van der Waals surface area contributed by atoms with Crippen LogP contribution in [0.2, 0.25) is 0 Å². The van der Waals surface area contributed by atoms with Gasteiger partial charge in [-0.2, -0.15) is 8.42 Å². The summed E-state index contributed by atoms with van der Waals surface area (Å²) in [5.74, 6) is -1.23. The lowest BCUT2D eigenvalue weighted by atomic mass is 10.0. The van der Waals surface area contributed by atoms with Crippen LogP contribution in [0.1, 0.15) is 103 Å². The normalized spacial score (nSPS) is 12.5. The maximum absolute atomic E-state index is 12.2. The zero-order valence-electron chi connectivity index (χ0n) is 20.2. The van der Waals surface area contributed by atoms with Crippen molar-refractivity contribution in [1.29, 1.82) is 0 Å². The molecule has 196 valence electrons. The number of nitrogens with one attached hydrogen (secondary N) is 2. The molecular weight excluding hydrogens is 446 g/mol. The minimum absolute atomic E-state index is 0.194. The van der Waals surface area contributed by atoms with E-state index in [2.05, 4.69) is 10.6 Å². The quantitative estimate of drug-likeness (QED) is 0.108. The fourth-order valence-electron chi connectivity index (χ4n) is 3.63. The maximum atomic E-state index is 12.2. The molecule has 0 fully saturated rings. The Bertz CT molecular complexity index is 601. The van der Waals surface area contributed by atoms with Crippen LogP contribution in [0.25, 0.3) is 0 Å².